The number of hydrogen-bond donors (Lipinski definition) is 1. The molecule has 0 saturated carbocycles. The van der Waals surface area contributed by atoms with Crippen molar-refractivity contribution in [3.05, 3.63) is 28.8 Å². The maximum absolute atomic E-state index is 11.6. The summed E-state index contributed by atoms with van der Waals surface area (Å²) in [6.45, 7) is 3.91. The molecule has 0 amide bonds. The van der Waals surface area contributed by atoms with Crippen LogP contribution in [0.25, 0.3) is 0 Å². The lowest BCUT2D eigenvalue weighted by Crippen LogP contribution is -2.28. The zero-order valence-electron chi connectivity index (χ0n) is 10.8. The third-order valence-electron chi connectivity index (χ3n) is 2.40. The van der Waals surface area contributed by atoms with Crippen LogP contribution in [0.2, 0.25) is 5.02 Å². The minimum atomic E-state index is -0.647. The molecule has 0 spiro atoms. The van der Waals surface area contributed by atoms with Crippen LogP contribution in [0.1, 0.15) is 25.8 Å². The second-order valence-electron chi connectivity index (χ2n) is 3.77. The van der Waals surface area contributed by atoms with Crippen molar-refractivity contribution in [2.24, 2.45) is 5.73 Å². The Hall–Kier alpha value is -1.33. The topological polar surface area (TPSA) is 61.5 Å². The predicted octanol–water partition coefficient (Wildman–Crippen LogP) is 2.69. The Kier molecular flexibility index (Phi) is 6.05. The molecule has 0 aromatic heterocycles. The molecule has 2 N–H and O–H groups in total. The summed E-state index contributed by atoms with van der Waals surface area (Å²) >= 11 is 10.9. The molecule has 1 rings (SSSR count). The fourth-order valence-electron chi connectivity index (χ4n) is 1.47. The summed E-state index contributed by atoms with van der Waals surface area (Å²) in [5.41, 5.74) is 6.09. The van der Waals surface area contributed by atoms with Gasteiger partial charge in [0.25, 0.3) is 0 Å². The van der Waals surface area contributed by atoms with E-state index >= 15 is 0 Å². The summed E-state index contributed by atoms with van der Waals surface area (Å²) in [6.07, 6.45) is -0.139. The molecule has 0 saturated heterocycles. The van der Waals surface area contributed by atoms with E-state index in [-0.39, 0.29) is 11.0 Å². The molecule has 0 aliphatic heterocycles. The van der Waals surface area contributed by atoms with Crippen LogP contribution in [-0.4, -0.2) is 23.7 Å². The lowest BCUT2D eigenvalue weighted by atomic mass is 10.2. The maximum atomic E-state index is 11.6. The number of thiocarbonyl (C=S) groups is 1. The zero-order valence-corrected chi connectivity index (χ0v) is 12.4. The molecule has 6 heteroatoms. The van der Waals surface area contributed by atoms with Crippen molar-refractivity contribution in [2.45, 2.75) is 26.4 Å². The first-order valence-corrected chi connectivity index (χ1v) is 6.70. The van der Waals surface area contributed by atoms with Gasteiger partial charge in [-0.3, -0.25) is 0 Å². The minimum Gasteiger partial charge on any atom is -0.479 e. The number of hydrogen-bond acceptors (Lipinski definition) is 4. The molecule has 104 valence electrons. The van der Waals surface area contributed by atoms with Gasteiger partial charge in [0.15, 0.2) is 6.10 Å². The minimum absolute atomic E-state index is 0.217. The van der Waals surface area contributed by atoms with Crippen molar-refractivity contribution >= 4 is 34.8 Å². The Morgan fingerprint density at radius 3 is 2.63 bits per heavy atom. The molecule has 0 fully saturated rings. The molecule has 4 nitrogen and oxygen atoms in total. The summed E-state index contributed by atoms with van der Waals surface area (Å²) in [6, 6.07) is 4.91. The average Bonchev–Trinajstić information content (AvgIpc) is 2.35. The Bertz CT molecular complexity index is 479. The van der Waals surface area contributed by atoms with Gasteiger partial charge >= 0.3 is 5.97 Å². The highest BCUT2D eigenvalue weighted by molar-refractivity contribution is 7.80. The van der Waals surface area contributed by atoms with Gasteiger partial charge in [0.1, 0.15) is 10.7 Å². The largest absolute Gasteiger partial charge is 0.479 e. The highest BCUT2D eigenvalue weighted by atomic mass is 35.5. The predicted molar refractivity (Wildman–Crippen MR) is 78.7 cm³/mol. The van der Waals surface area contributed by atoms with E-state index in [0.717, 1.165) is 0 Å². The van der Waals surface area contributed by atoms with Gasteiger partial charge in [0, 0.05) is 5.56 Å². The standard InChI is InChI=1S/C13H16ClNO3S/c1-3-11(13(16)17-4-2)18-8-5-6-9(12(15)19)10(14)7-8/h5-7,11H,3-4H2,1-2H3,(H2,15,19). The van der Waals surface area contributed by atoms with Gasteiger partial charge in [-0.1, -0.05) is 30.7 Å². The molecule has 0 bridgehead atoms. The summed E-state index contributed by atoms with van der Waals surface area (Å²) in [5, 5.41) is 0.392. The fraction of sp³-hybridized carbons (Fsp3) is 0.385. The van der Waals surface area contributed by atoms with Crippen LogP contribution in [0.3, 0.4) is 0 Å². The molecular formula is C13H16ClNO3S. The summed E-state index contributed by atoms with van der Waals surface area (Å²) in [5.74, 6) is 0.0875. The van der Waals surface area contributed by atoms with Crippen molar-refractivity contribution in [3.63, 3.8) is 0 Å². The quantitative estimate of drug-likeness (QED) is 0.646. The highest BCUT2D eigenvalue weighted by Gasteiger charge is 2.20. The van der Waals surface area contributed by atoms with Crippen molar-refractivity contribution in [1.82, 2.24) is 0 Å². The summed E-state index contributed by atoms with van der Waals surface area (Å²) < 4.78 is 10.5. The van der Waals surface area contributed by atoms with E-state index in [2.05, 4.69) is 0 Å². The van der Waals surface area contributed by atoms with Gasteiger partial charge in [-0.25, -0.2) is 4.79 Å². The third-order valence-corrected chi connectivity index (χ3v) is 2.94. The van der Waals surface area contributed by atoms with Crippen molar-refractivity contribution in [2.75, 3.05) is 6.61 Å². The molecule has 1 aromatic carbocycles. The zero-order chi connectivity index (χ0) is 14.4. The number of ether oxygens (including phenoxy) is 2. The Balaban J connectivity index is 2.84. The smallest absolute Gasteiger partial charge is 0.347 e. The number of benzene rings is 1. The molecule has 1 aromatic rings. The Morgan fingerprint density at radius 2 is 2.16 bits per heavy atom. The first-order chi connectivity index (χ1) is 8.99. The molecule has 19 heavy (non-hydrogen) atoms. The second-order valence-corrected chi connectivity index (χ2v) is 4.62. The summed E-state index contributed by atoms with van der Waals surface area (Å²) in [4.78, 5) is 11.8. The van der Waals surface area contributed by atoms with Gasteiger partial charge in [-0.15, -0.1) is 0 Å². The number of nitrogens with two attached hydrogens (primary N) is 1. The van der Waals surface area contributed by atoms with Gasteiger partial charge < -0.3 is 15.2 Å². The Labute approximate surface area is 122 Å². The van der Waals surface area contributed by atoms with Crippen LogP contribution in [0, 0.1) is 0 Å². The van der Waals surface area contributed by atoms with E-state index in [4.69, 9.17) is 39.0 Å². The number of rotatable bonds is 6. The number of esters is 1. The number of carbonyl (C=O) groups is 1. The second kappa shape index (κ2) is 7.31. The van der Waals surface area contributed by atoms with Gasteiger partial charge in [0.2, 0.25) is 0 Å². The van der Waals surface area contributed by atoms with Gasteiger partial charge in [-0.2, -0.15) is 0 Å². The number of halogens is 1. The van der Waals surface area contributed by atoms with Crippen molar-refractivity contribution in [3.8, 4) is 5.75 Å². The molecule has 1 atom stereocenters. The van der Waals surface area contributed by atoms with Gasteiger partial charge in [-0.05, 0) is 31.5 Å². The van der Waals surface area contributed by atoms with E-state index in [1.165, 1.54) is 0 Å². The highest BCUT2D eigenvalue weighted by Crippen LogP contribution is 2.24. The van der Waals surface area contributed by atoms with Crippen LogP contribution in [0.4, 0.5) is 0 Å². The molecule has 0 aliphatic carbocycles. The van der Waals surface area contributed by atoms with Crippen LogP contribution in [-0.2, 0) is 9.53 Å². The summed E-state index contributed by atoms with van der Waals surface area (Å²) in [7, 11) is 0. The molecule has 1 unspecified atom stereocenters. The lowest BCUT2D eigenvalue weighted by molar-refractivity contribution is -0.151. The Morgan fingerprint density at radius 1 is 1.47 bits per heavy atom. The van der Waals surface area contributed by atoms with Crippen LogP contribution < -0.4 is 10.5 Å². The first kappa shape index (κ1) is 15.7. The van der Waals surface area contributed by atoms with Gasteiger partial charge in [0.05, 0.1) is 11.6 Å². The van der Waals surface area contributed by atoms with Crippen molar-refractivity contribution < 1.29 is 14.3 Å². The first-order valence-electron chi connectivity index (χ1n) is 5.92. The van der Waals surface area contributed by atoms with Crippen LogP contribution in [0.15, 0.2) is 18.2 Å². The van der Waals surface area contributed by atoms with Crippen LogP contribution in [0.5, 0.6) is 5.75 Å². The SMILES string of the molecule is CCOC(=O)C(CC)Oc1ccc(C(N)=S)c(Cl)c1. The average molecular weight is 302 g/mol. The fourth-order valence-corrected chi connectivity index (χ4v) is 1.97. The lowest BCUT2D eigenvalue weighted by Gasteiger charge is -2.16. The number of carbonyl (C=O) groups excluding carboxylic acids is 1. The van der Waals surface area contributed by atoms with E-state index in [1.807, 2.05) is 6.92 Å². The molecule has 0 radical (unpaired) electrons. The van der Waals surface area contributed by atoms with E-state index in [0.29, 0.717) is 29.4 Å². The molecule has 0 heterocycles. The molecular weight excluding hydrogens is 286 g/mol. The van der Waals surface area contributed by atoms with E-state index in [9.17, 15) is 4.79 Å². The van der Waals surface area contributed by atoms with Crippen molar-refractivity contribution in [1.29, 1.82) is 0 Å². The maximum Gasteiger partial charge on any atom is 0.347 e. The third kappa shape index (κ3) is 4.36. The van der Waals surface area contributed by atoms with E-state index in [1.54, 1.807) is 25.1 Å². The molecule has 0 aliphatic rings. The normalized spacial score (nSPS) is 11.7. The monoisotopic (exact) mass is 301 g/mol. The van der Waals surface area contributed by atoms with E-state index < -0.39 is 6.10 Å². The van der Waals surface area contributed by atoms with Crippen LogP contribution >= 0.6 is 23.8 Å².